The maximum atomic E-state index is 12.2. The number of carbonyl (C=O) groups is 2. The fraction of sp³-hybridized carbons (Fsp3) is 0.591. The number of unbranched alkanes of at least 4 members (excludes halogenated alkanes) is 2. The molecule has 2 aromatic rings. The summed E-state index contributed by atoms with van der Waals surface area (Å²) in [5.74, 6) is 2.26. The van der Waals surface area contributed by atoms with Gasteiger partial charge in [0.15, 0.2) is 0 Å². The molecule has 268 valence electrons. The van der Waals surface area contributed by atoms with Gasteiger partial charge < -0.3 is 14.6 Å². The number of hydrogen-bond donors (Lipinski definition) is 1. The molecular weight excluding hydrogens is 608 g/mol. The van der Waals surface area contributed by atoms with Crippen LogP contribution in [0.5, 0.6) is 0 Å². The Morgan fingerprint density at radius 1 is 0.898 bits per heavy atom. The van der Waals surface area contributed by atoms with Crippen LogP contribution in [0.1, 0.15) is 127 Å². The first kappa shape index (κ1) is 38.6. The highest BCUT2D eigenvalue weighted by atomic mass is 16.5. The number of ether oxygens (including phenoxy) is 2. The van der Waals surface area contributed by atoms with Crippen LogP contribution in [0.15, 0.2) is 67.3 Å². The summed E-state index contributed by atoms with van der Waals surface area (Å²) in [7, 11) is 0. The van der Waals surface area contributed by atoms with Crippen molar-refractivity contribution in [2.75, 3.05) is 13.2 Å². The third-order valence-corrected chi connectivity index (χ3v) is 11.5. The van der Waals surface area contributed by atoms with E-state index in [1.54, 1.807) is 0 Å². The highest BCUT2D eigenvalue weighted by Gasteiger charge is 2.31. The van der Waals surface area contributed by atoms with E-state index in [-0.39, 0.29) is 24.7 Å². The van der Waals surface area contributed by atoms with E-state index in [2.05, 4.69) is 69.5 Å². The molecule has 2 saturated carbocycles. The number of aliphatic hydroxyl groups is 1. The van der Waals surface area contributed by atoms with Crippen molar-refractivity contribution in [3.05, 3.63) is 84.0 Å². The minimum atomic E-state index is -0.980. The molecule has 0 amide bonds. The van der Waals surface area contributed by atoms with Crippen molar-refractivity contribution in [3.63, 3.8) is 0 Å². The van der Waals surface area contributed by atoms with Gasteiger partial charge in [0, 0.05) is 12.0 Å². The molecular formula is C44H62O5. The lowest BCUT2D eigenvalue weighted by Crippen LogP contribution is -2.25. The highest BCUT2D eigenvalue weighted by molar-refractivity contribution is 5.88. The van der Waals surface area contributed by atoms with Crippen molar-refractivity contribution in [1.29, 1.82) is 0 Å². The summed E-state index contributed by atoms with van der Waals surface area (Å²) < 4.78 is 10.7. The largest absolute Gasteiger partial charge is 0.462 e. The molecule has 1 N–H and O–H groups in total. The molecule has 5 nitrogen and oxygen atoms in total. The maximum Gasteiger partial charge on any atom is 0.336 e. The Labute approximate surface area is 296 Å². The Kier molecular flexibility index (Phi) is 15.7. The van der Waals surface area contributed by atoms with E-state index in [1.165, 1.54) is 112 Å². The van der Waals surface area contributed by atoms with Crippen molar-refractivity contribution < 1.29 is 24.2 Å². The lowest BCUT2D eigenvalue weighted by atomic mass is 9.68. The van der Waals surface area contributed by atoms with Crippen LogP contribution in [0, 0.1) is 23.7 Å². The van der Waals surface area contributed by atoms with E-state index in [4.69, 9.17) is 9.47 Å². The third-order valence-electron chi connectivity index (χ3n) is 11.5. The molecule has 2 aromatic carbocycles. The second-order valence-corrected chi connectivity index (χ2v) is 14.9. The molecule has 2 fully saturated rings. The van der Waals surface area contributed by atoms with Gasteiger partial charge in [-0.1, -0.05) is 108 Å². The molecule has 2 atom stereocenters. The molecule has 0 aromatic heterocycles. The van der Waals surface area contributed by atoms with Crippen molar-refractivity contribution in [2.24, 2.45) is 23.7 Å². The van der Waals surface area contributed by atoms with Gasteiger partial charge in [0.05, 0.1) is 24.9 Å². The first-order chi connectivity index (χ1) is 23.7. The fourth-order valence-electron chi connectivity index (χ4n) is 8.17. The second kappa shape index (κ2) is 19.9. The smallest absolute Gasteiger partial charge is 0.336 e. The van der Waals surface area contributed by atoms with Gasteiger partial charge >= 0.3 is 11.9 Å². The van der Waals surface area contributed by atoms with Gasteiger partial charge in [0.25, 0.3) is 0 Å². The van der Waals surface area contributed by atoms with E-state index in [9.17, 15) is 14.7 Å². The minimum absolute atomic E-state index is 0.00563. The predicted octanol–water partition coefficient (Wildman–Crippen LogP) is 10.3. The minimum Gasteiger partial charge on any atom is -0.462 e. The first-order valence-electron chi connectivity index (χ1n) is 19.3. The summed E-state index contributed by atoms with van der Waals surface area (Å²) in [6, 6.07) is 16.1. The van der Waals surface area contributed by atoms with Gasteiger partial charge in [-0.15, -0.1) is 0 Å². The van der Waals surface area contributed by atoms with E-state index in [0.29, 0.717) is 12.3 Å². The summed E-state index contributed by atoms with van der Waals surface area (Å²) >= 11 is 0. The van der Waals surface area contributed by atoms with Crippen LogP contribution in [0.25, 0.3) is 11.1 Å². The molecule has 0 bridgehead atoms. The molecule has 4 rings (SSSR count). The van der Waals surface area contributed by atoms with Gasteiger partial charge in [0.2, 0.25) is 0 Å². The van der Waals surface area contributed by atoms with Crippen LogP contribution < -0.4 is 0 Å². The number of aryl methyl sites for hydroxylation is 2. The Morgan fingerprint density at radius 2 is 1.55 bits per heavy atom. The summed E-state index contributed by atoms with van der Waals surface area (Å²) in [6.07, 6.45) is 19.5. The molecule has 0 radical (unpaired) electrons. The zero-order chi connectivity index (χ0) is 35.2. The average molecular weight is 671 g/mol. The second-order valence-electron chi connectivity index (χ2n) is 14.9. The van der Waals surface area contributed by atoms with Crippen LogP contribution in [0.3, 0.4) is 0 Å². The van der Waals surface area contributed by atoms with Crippen molar-refractivity contribution >= 4 is 11.9 Å². The number of rotatable bonds is 18. The van der Waals surface area contributed by atoms with Crippen LogP contribution >= 0.6 is 0 Å². The van der Waals surface area contributed by atoms with Crippen LogP contribution in [0.2, 0.25) is 0 Å². The summed E-state index contributed by atoms with van der Waals surface area (Å²) in [5, 5.41) is 9.64. The molecule has 0 saturated heterocycles. The maximum absolute atomic E-state index is 12.2. The van der Waals surface area contributed by atoms with Gasteiger partial charge in [-0.2, -0.15) is 0 Å². The van der Waals surface area contributed by atoms with E-state index in [0.717, 1.165) is 36.7 Å². The van der Waals surface area contributed by atoms with Crippen molar-refractivity contribution in [1.82, 2.24) is 0 Å². The first-order valence-corrected chi connectivity index (χ1v) is 19.3. The quantitative estimate of drug-likeness (QED) is 0.0971. The summed E-state index contributed by atoms with van der Waals surface area (Å²) in [6.45, 7) is 13.2. The highest BCUT2D eigenvalue weighted by Crippen LogP contribution is 2.45. The SMILES string of the molecule is C=CC(=O)OCC(CCc1ccc(-c2ccc(C3CCC(C4CCC(CCCCC)CC4)CC3)cc2)c(CC)c1)COC(=O)C(=C)C(C)O. The molecule has 2 aliphatic rings. The zero-order valence-corrected chi connectivity index (χ0v) is 30.6. The standard InChI is InChI=1S/C44H62O5/c1-6-9-10-11-33-14-17-37(18-15-33)38-19-21-39(22-20-38)40-23-25-41(26-24-40)42-27-16-34(28-36(42)7-2)12-13-35(29-48-43(46)8-3)30-49-44(47)31(4)32(5)45/h8,16,23-28,32-33,35,37-39,45H,3-4,6-7,9-15,17-22,29-30H2,1-2,5H3. The molecule has 0 spiro atoms. The van der Waals surface area contributed by atoms with E-state index in [1.807, 2.05) is 0 Å². The molecule has 0 heterocycles. The normalized spacial score (nSPS) is 22.1. The number of hydrogen-bond acceptors (Lipinski definition) is 5. The van der Waals surface area contributed by atoms with E-state index < -0.39 is 18.0 Å². The van der Waals surface area contributed by atoms with Gasteiger partial charge in [-0.05, 0) is 116 Å². The van der Waals surface area contributed by atoms with Crippen molar-refractivity contribution in [2.45, 2.75) is 129 Å². The van der Waals surface area contributed by atoms with Crippen molar-refractivity contribution in [3.8, 4) is 11.1 Å². The lowest BCUT2D eigenvalue weighted by molar-refractivity contribution is -0.144. The fourth-order valence-corrected chi connectivity index (χ4v) is 8.17. The Hall–Kier alpha value is -3.18. The predicted molar refractivity (Wildman–Crippen MR) is 200 cm³/mol. The Morgan fingerprint density at radius 3 is 2.16 bits per heavy atom. The lowest BCUT2D eigenvalue weighted by Gasteiger charge is -2.38. The van der Waals surface area contributed by atoms with E-state index >= 15 is 0 Å². The van der Waals surface area contributed by atoms with Crippen LogP contribution in [0.4, 0.5) is 0 Å². The number of esters is 2. The number of benzene rings is 2. The van der Waals surface area contributed by atoms with Crippen LogP contribution in [-0.2, 0) is 31.9 Å². The molecule has 5 heteroatoms. The van der Waals surface area contributed by atoms with Gasteiger partial charge in [-0.3, -0.25) is 0 Å². The molecule has 0 aliphatic heterocycles. The Balaban J connectivity index is 1.30. The Bertz CT molecular complexity index is 1340. The molecule has 2 unspecified atom stereocenters. The van der Waals surface area contributed by atoms with Crippen LogP contribution in [-0.4, -0.2) is 36.4 Å². The average Bonchev–Trinajstić information content (AvgIpc) is 3.14. The molecule has 49 heavy (non-hydrogen) atoms. The zero-order valence-electron chi connectivity index (χ0n) is 30.6. The number of carbonyl (C=O) groups excluding carboxylic acids is 2. The monoisotopic (exact) mass is 670 g/mol. The van der Waals surface area contributed by atoms with Gasteiger partial charge in [0.1, 0.15) is 0 Å². The number of aliphatic hydroxyl groups excluding tert-OH is 1. The summed E-state index contributed by atoms with van der Waals surface area (Å²) in [5.41, 5.74) is 6.53. The topological polar surface area (TPSA) is 72.8 Å². The summed E-state index contributed by atoms with van der Waals surface area (Å²) in [4.78, 5) is 23.9. The molecule has 2 aliphatic carbocycles. The van der Waals surface area contributed by atoms with Gasteiger partial charge in [-0.25, -0.2) is 9.59 Å². The third kappa shape index (κ3) is 11.7.